The number of hydrogen-bond acceptors (Lipinski definition) is 4. The number of hydrazine groups is 1. The number of nitrogens with one attached hydrogen (secondary N) is 1. The zero-order valence-corrected chi connectivity index (χ0v) is 10.2. The van der Waals surface area contributed by atoms with Gasteiger partial charge in [0.25, 0.3) is 0 Å². The number of nitrogens with zero attached hydrogens (tertiary/aromatic N) is 1. The normalized spacial score (nSPS) is 12.0. The molecular formula is C11H17N3S. The van der Waals surface area contributed by atoms with Gasteiger partial charge < -0.3 is 0 Å². The molecule has 0 aliphatic heterocycles. The lowest BCUT2D eigenvalue weighted by Gasteiger charge is -2.12. The summed E-state index contributed by atoms with van der Waals surface area (Å²) < 4.78 is 0. The summed E-state index contributed by atoms with van der Waals surface area (Å²) in [4.78, 5) is 5.62. The molecule has 0 fully saturated rings. The Bertz CT molecular complexity index is 373. The van der Waals surface area contributed by atoms with Crippen molar-refractivity contribution in [1.82, 2.24) is 10.4 Å². The van der Waals surface area contributed by atoms with Crippen molar-refractivity contribution in [1.29, 1.82) is 0 Å². The first-order chi connectivity index (χ1) is 7.19. The Morgan fingerprint density at radius 1 is 1.53 bits per heavy atom. The van der Waals surface area contributed by atoms with Gasteiger partial charge in [-0.25, -0.2) is 4.98 Å². The van der Waals surface area contributed by atoms with Crippen molar-refractivity contribution in [3.05, 3.63) is 15.6 Å². The minimum absolute atomic E-state index is 0.178. The van der Waals surface area contributed by atoms with E-state index in [0.717, 1.165) is 23.5 Å². The summed E-state index contributed by atoms with van der Waals surface area (Å²) in [5.41, 5.74) is 3.91. The molecule has 0 saturated heterocycles. The van der Waals surface area contributed by atoms with E-state index in [1.165, 1.54) is 4.88 Å². The molecule has 0 aliphatic rings. The van der Waals surface area contributed by atoms with Gasteiger partial charge >= 0.3 is 0 Å². The van der Waals surface area contributed by atoms with Gasteiger partial charge in [-0.05, 0) is 27.2 Å². The second kappa shape index (κ2) is 5.86. The maximum atomic E-state index is 5.55. The third-order valence-electron chi connectivity index (χ3n) is 2.19. The monoisotopic (exact) mass is 223 g/mol. The summed E-state index contributed by atoms with van der Waals surface area (Å²) in [6.07, 6.45) is 1.79. The Morgan fingerprint density at radius 3 is 2.73 bits per heavy atom. The van der Waals surface area contributed by atoms with Crippen molar-refractivity contribution in [3.63, 3.8) is 0 Å². The standard InChI is InChI=1S/C11H17N3S/c1-4-5-6-7-10(14-12)11-8(2)13-9(3)15-11/h10,14H,6-7,12H2,1-3H3. The average molecular weight is 223 g/mol. The Balaban J connectivity index is 2.72. The Kier molecular flexibility index (Phi) is 4.76. The summed E-state index contributed by atoms with van der Waals surface area (Å²) in [6, 6.07) is 0.178. The number of aryl methyl sites for hydroxylation is 2. The van der Waals surface area contributed by atoms with E-state index in [-0.39, 0.29) is 6.04 Å². The van der Waals surface area contributed by atoms with Crippen LogP contribution in [-0.4, -0.2) is 4.98 Å². The van der Waals surface area contributed by atoms with Crippen LogP contribution < -0.4 is 11.3 Å². The van der Waals surface area contributed by atoms with Gasteiger partial charge in [-0.2, -0.15) is 0 Å². The van der Waals surface area contributed by atoms with Crippen molar-refractivity contribution >= 4 is 11.3 Å². The maximum Gasteiger partial charge on any atom is 0.0900 e. The highest BCUT2D eigenvalue weighted by atomic mass is 32.1. The van der Waals surface area contributed by atoms with Crippen LogP contribution >= 0.6 is 11.3 Å². The van der Waals surface area contributed by atoms with Crippen LogP contribution in [0.15, 0.2) is 0 Å². The van der Waals surface area contributed by atoms with Crippen LogP contribution in [0.1, 0.15) is 41.4 Å². The van der Waals surface area contributed by atoms with E-state index in [1.807, 2.05) is 20.8 Å². The molecule has 0 radical (unpaired) electrons. The number of aromatic nitrogens is 1. The highest BCUT2D eigenvalue weighted by Gasteiger charge is 2.15. The van der Waals surface area contributed by atoms with E-state index in [9.17, 15) is 0 Å². The quantitative estimate of drug-likeness (QED) is 0.467. The van der Waals surface area contributed by atoms with Crippen molar-refractivity contribution in [2.45, 2.75) is 39.7 Å². The molecule has 0 saturated carbocycles. The molecule has 1 rings (SSSR count). The summed E-state index contributed by atoms with van der Waals surface area (Å²) in [5, 5.41) is 1.09. The highest BCUT2D eigenvalue weighted by molar-refractivity contribution is 7.11. The molecular weight excluding hydrogens is 206 g/mol. The fourth-order valence-electron chi connectivity index (χ4n) is 1.50. The minimum Gasteiger partial charge on any atom is -0.271 e. The van der Waals surface area contributed by atoms with Crippen molar-refractivity contribution in [2.24, 2.45) is 5.84 Å². The molecule has 0 amide bonds. The zero-order valence-electron chi connectivity index (χ0n) is 9.42. The molecule has 3 nitrogen and oxygen atoms in total. The second-order valence-electron chi connectivity index (χ2n) is 3.37. The predicted octanol–water partition coefficient (Wildman–Crippen LogP) is 2.07. The first kappa shape index (κ1) is 12.2. The van der Waals surface area contributed by atoms with E-state index in [1.54, 1.807) is 11.3 Å². The summed E-state index contributed by atoms with van der Waals surface area (Å²) in [5.74, 6) is 11.5. The van der Waals surface area contributed by atoms with Gasteiger partial charge in [-0.1, -0.05) is 0 Å². The molecule has 0 aliphatic carbocycles. The Labute approximate surface area is 95.1 Å². The van der Waals surface area contributed by atoms with Crippen LogP contribution in [0.2, 0.25) is 0 Å². The number of hydrogen-bond donors (Lipinski definition) is 2. The molecule has 1 atom stereocenters. The molecule has 1 heterocycles. The second-order valence-corrected chi connectivity index (χ2v) is 4.60. The summed E-state index contributed by atoms with van der Waals surface area (Å²) >= 11 is 1.70. The van der Waals surface area contributed by atoms with Crippen molar-refractivity contribution in [3.8, 4) is 11.8 Å². The van der Waals surface area contributed by atoms with Crippen LogP contribution in [0.3, 0.4) is 0 Å². The lowest BCUT2D eigenvalue weighted by molar-refractivity contribution is 0.528. The van der Waals surface area contributed by atoms with Crippen LogP contribution in [0, 0.1) is 25.7 Å². The predicted molar refractivity (Wildman–Crippen MR) is 64.3 cm³/mol. The van der Waals surface area contributed by atoms with Gasteiger partial charge in [0.1, 0.15) is 0 Å². The maximum absolute atomic E-state index is 5.55. The van der Waals surface area contributed by atoms with Gasteiger partial charge in [0.05, 0.1) is 16.7 Å². The van der Waals surface area contributed by atoms with E-state index in [4.69, 9.17) is 5.84 Å². The molecule has 1 unspecified atom stereocenters. The van der Waals surface area contributed by atoms with Gasteiger partial charge in [0.2, 0.25) is 0 Å². The van der Waals surface area contributed by atoms with Crippen molar-refractivity contribution in [2.75, 3.05) is 0 Å². The molecule has 82 valence electrons. The molecule has 0 bridgehead atoms. The fourth-order valence-corrected chi connectivity index (χ4v) is 2.52. The van der Waals surface area contributed by atoms with Gasteiger partial charge in [0, 0.05) is 11.3 Å². The van der Waals surface area contributed by atoms with Crippen LogP contribution in [0.4, 0.5) is 0 Å². The molecule has 0 spiro atoms. The third-order valence-corrected chi connectivity index (χ3v) is 3.38. The Morgan fingerprint density at radius 2 is 2.27 bits per heavy atom. The lowest BCUT2D eigenvalue weighted by Crippen LogP contribution is -2.27. The molecule has 1 aromatic heterocycles. The third kappa shape index (κ3) is 3.31. The minimum atomic E-state index is 0.178. The first-order valence-electron chi connectivity index (χ1n) is 4.98. The number of thiazole rings is 1. The van der Waals surface area contributed by atoms with Crippen LogP contribution in [0.5, 0.6) is 0 Å². The highest BCUT2D eigenvalue weighted by Crippen LogP contribution is 2.27. The molecule has 0 aromatic carbocycles. The number of nitrogens with two attached hydrogens (primary N) is 1. The van der Waals surface area contributed by atoms with E-state index >= 15 is 0 Å². The van der Waals surface area contributed by atoms with Crippen LogP contribution in [0.25, 0.3) is 0 Å². The Hall–Kier alpha value is -0.890. The first-order valence-corrected chi connectivity index (χ1v) is 5.80. The summed E-state index contributed by atoms with van der Waals surface area (Å²) in [6.45, 7) is 5.89. The van der Waals surface area contributed by atoms with E-state index < -0.39 is 0 Å². The van der Waals surface area contributed by atoms with E-state index in [2.05, 4.69) is 22.3 Å². The number of rotatable bonds is 4. The molecule has 15 heavy (non-hydrogen) atoms. The van der Waals surface area contributed by atoms with Crippen LogP contribution in [-0.2, 0) is 0 Å². The average Bonchev–Trinajstić information content (AvgIpc) is 2.53. The fraction of sp³-hybridized carbons (Fsp3) is 0.545. The topological polar surface area (TPSA) is 50.9 Å². The lowest BCUT2D eigenvalue weighted by atomic mass is 10.1. The van der Waals surface area contributed by atoms with Gasteiger partial charge in [-0.3, -0.25) is 11.3 Å². The van der Waals surface area contributed by atoms with Gasteiger partial charge in [0.15, 0.2) is 0 Å². The summed E-state index contributed by atoms with van der Waals surface area (Å²) in [7, 11) is 0. The molecule has 3 N–H and O–H groups in total. The molecule has 1 aromatic rings. The zero-order chi connectivity index (χ0) is 11.3. The van der Waals surface area contributed by atoms with E-state index in [0.29, 0.717) is 0 Å². The van der Waals surface area contributed by atoms with Crippen molar-refractivity contribution < 1.29 is 0 Å². The largest absolute Gasteiger partial charge is 0.271 e. The SMILES string of the molecule is CC#CCCC(NN)c1sc(C)nc1C. The smallest absolute Gasteiger partial charge is 0.0900 e. The van der Waals surface area contributed by atoms with Gasteiger partial charge in [-0.15, -0.1) is 23.2 Å². The molecule has 4 heteroatoms.